The molecule has 3 rings (SSSR count). The third-order valence-electron chi connectivity index (χ3n) is 5.76. The lowest BCUT2D eigenvalue weighted by Crippen LogP contribution is -2.50. The Hall–Kier alpha value is -3.02. The fourth-order valence-corrected chi connectivity index (χ4v) is 3.86. The summed E-state index contributed by atoms with van der Waals surface area (Å²) in [5.41, 5.74) is 2.24. The van der Waals surface area contributed by atoms with Crippen molar-refractivity contribution in [1.82, 2.24) is 10.2 Å². The van der Waals surface area contributed by atoms with Gasteiger partial charge >= 0.3 is 0 Å². The number of likely N-dealkylation sites (tertiary alicyclic amines) is 1. The molecule has 1 saturated heterocycles. The van der Waals surface area contributed by atoms with Crippen LogP contribution in [-0.4, -0.2) is 48.6 Å². The highest BCUT2D eigenvalue weighted by atomic mass is 16.5. The predicted molar refractivity (Wildman–Crippen MR) is 125 cm³/mol. The number of rotatable bonds is 8. The summed E-state index contributed by atoms with van der Waals surface area (Å²) in [6.45, 7) is 9.21. The zero-order valence-electron chi connectivity index (χ0n) is 19.5. The van der Waals surface area contributed by atoms with E-state index in [0.29, 0.717) is 24.8 Å². The Labute approximate surface area is 190 Å². The number of amides is 2. The van der Waals surface area contributed by atoms with Crippen molar-refractivity contribution >= 4 is 11.8 Å². The number of nitrogens with one attached hydrogen (secondary N) is 1. The molecule has 0 saturated carbocycles. The van der Waals surface area contributed by atoms with Gasteiger partial charge < -0.3 is 19.7 Å². The van der Waals surface area contributed by atoms with Crippen molar-refractivity contribution in [2.24, 2.45) is 0 Å². The Morgan fingerprint density at radius 3 is 2.34 bits per heavy atom. The lowest BCUT2D eigenvalue weighted by Gasteiger charge is -2.34. The number of benzene rings is 2. The van der Waals surface area contributed by atoms with Crippen LogP contribution in [0.5, 0.6) is 11.5 Å². The molecule has 2 aromatic carbocycles. The molecule has 32 heavy (non-hydrogen) atoms. The van der Waals surface area contributed by atoms with Crippen molar-refractivity contribution in [3.63, 3.8) is 0 Å². The van der Waals surface area contributed by atoms with Gasteiger partial charge in [-0.3, -0.25) is 9.59 Å². The van der Waals surface area contributed by atoms with Crippen LogP contribution in [0.15, 0.2) is 48.5 Å². The van der Waals surface area contributed by atoms with E-state index >= 15 is 0 Å². The number of carbonyl (C=O) groups is 2. The highest BCUT2D eigenvalue weighted by Gasteiger charge is 2.28. The average molecular weight is 439 g/mol. The quantitative estimate of drug-likeness (QED) is 0.675. The molecule has 2 aromatic rings. The Bertz CT molecular complexity index is 902. The van der Waals surface area contributed by atoms with Gasteiger partial charge in [0.15, 0.2) is 12.7 Å². The van der Waals surface area contributed by atoms with Crippen LogP contribution in [0.3, 0.4) is 0 Å². The first-order chi connectivity index (χ1) is 15.3. The minimum atomic E-state index is -0.552. The molecule has 6 nitrogen and oxygen atoms in total. The van der Waals surface area contributed by atoms with Gasteiger partial charge in [-0.1, -0.05) is 49.7 Å². The molecule has 1 atom stereocenters. The minimum absolute atomic E-state index is 0.0116. The Morgan fingerprint density at radius 1 is 1.03 bits per heavy atom. The first kappa shape index (κ1) is 23.6. The molecule has 1 aliphatic rings. The molecule has 1 unspecified atom stereocenters. The molecule has 0 radical (unpaired) electrons. The average Bonchev–Trinajstić information content (AvgIpc) is 2.79. The second kappa shape index (κ2) is 11.0. The fourth-order valence-electron chi connectivity index (χ4n) is 3.86. The van der Waals surface area contributed by atoms with E-state index in [1.54, 1.807) is 6.92 Å². The summed E-state index contributed by atoms with van der Waals surface area (Å²) >= 11 is 0. The second-order valence-electron chi connectivity index (χ2n) is 8.72. The third kappa shape index (κ3) is 6.49. The monoisotopic (exact) mass is 438 g/mol. The largest absolute Gasteiger partial charge is 0.484 e. The smallest absolute Gasteiger partial charge is 0.263 e. The topological polar surface area (TPSA) is 67.9 Å². The summed E-state index contributed by atoms with van der Waals surface area (Å²) in [5, 5.41) is 3.02. The van der Waals surface area contributed by atoms with Crippen molar-refractivity contribution in [2.75, 3.05) is 19.7 Å². The normalized spacial score (nSPS) is 15.3. The Balaban J connectivity index is 1.43. The zero-order chi connectivity index (χ0) is 23.1. The van der Waals surface area contributed by atoms with Crippen molar-refractivity contribution in [2.45, 2.75) is 58.6 Å². The van der Waals surface area contributed by atoms with E-state index in [1.807, 2.05) is 60.4 Å². The highest BCUT2D eigenvalue weighted by Crippen LogP contribution is 2.27. The molecular weight excluding hydrogens is 404 g/mol. The molecule has 1 N–H and O–H groups in total. The maximum atomic E-state index is 12.9. The van der Waals surface area contributed by atoms with Crippen LogP contribution in [0.4, 0.5) is 0 Å². The van der Waals surface area contributed by atoms with Crippen LogP contribution >= 0.6 is 0 Å². The van der Waals surface area contributed by atoms with E-state index in [-0.39, 0.29) is 24.5 Å². The fraction of sp³-hybridized carbons (Fsp3) is 0.462. The summed E-state index contributed by atoms with van der Waals surface area (Å²) in [6, 6.07) is 15.5. The van der Waals surface area contributed by atoms with E-state index in [4.69, 9.17) is 9.47 Å². The molecule has 6 heteroatoms. The van der Waals surface area contributed by atoms with Gasteiger partial charge in [0.1, 0.15) is 11.5 Å². The summed E-state index contributed by atoms with van der Waals surface area (Å²) in [7, 11) is 0. The van der Waals surface area contributed by atoms with Crippen LogP contribution < -0.4 is 14.8 Å². The van der Waals surface area contributed by atoms with Crippen LogP contribution in [-0.2, 0) is 9.59 Å². The molecule has 0 spiro atoms. The van der Waals surface area contributed by atoms with Gasteiger partial charge in [0.2, 0.25) is 0 Å². The molecule has 1 heterocycles. The van der Waals surface area contributed by atoms with Crippen molar-refractivity contribution < 1.29 is 19.1 Å². The summed E-state index contributed by atoms with van der Waals surface area (Å²) in [4.78, 5) is 26.9. The molecule has 1 fully saturated rings. The van der Waals surface area contributed by atoms with E-state index in [1.165, 1.54) is 0 Å². The van der Waals surface area contributed by atoms with Crippen LogP contribution in [0.1, 0.15) is 50.7 Å². The number of hydrogen-bond donors (Lipinski definition) is 1. The summed E-state index contributed by atoms with van der Waals surface area (Å²) in [6.07, 6.45) is 0.887. The molecule has 0 aliphatic carbocycles. The van der Waals surface area contributed by atoms with Gasteiger partial charge in [-0.2, -0.15) is 0 Å². The Kier molecular flexibility index (Phi) is 8.14. The zero-order valence-corrected chi connectivity index (χ0v) is 19.5. The summed E-state index contributed by atoms with van der Waals surface area (Å²) in [5.74, 6) is 1.61. The third-order valence-corrected chi connectivity index (χ3v) is 5.76. The van der Waals surface area contributed by atoms with Crippen LogP contribution in [0.2, 0.25) is 0 Å². The van der Waals surface area contributed by atoms with E-state index in [2.05, 4.69) is 19.2 Å². The number of hydrogen-bond acceptors (Lipinski definition) is 4. The van der Waals surface area contributed by atoms with Crippen molar-refractivity contribution in [1.29, 1.82) is 0 Å². The number of aryl methyl sites for hydroxylation is 1. The second-order valence-corrected chi connectivity index (χ2v) is 8.72. The first-order valence-corrected chi connectivity index (χ1v) is 11.4. The van der Waals surface area contributed by atoms with Gasteiger partial charge in [-0.05, 0) is 56.4 Å². The first-order valence-electron chi connectivity index (χ1n) is 11.4. The number of carbonyl (C=O) groups excluding carboxylic acids is 2. The van der Waals surface area contributed by atoms with Crippen LogP contribution in [0, 0.1) is 6.92 Å². The lowest BCUT2D eigenvalue weighted by atomic mass is 10.0. The van der Waals surface area contributed by atoms with Crippen molar-refractivity contribution in [3.8, 4) is 11.5 Å². The molecule has 0 bridgehead atoms. The van der Waals surface area contributed by atoms with Crippen molar-refractivity contribution in [3.05, 3.63) is 59.7 Å². The molecule has 2 amide bonds. The van der Waals surface area contributed by atoms with Gasteiger partial charge in [-0.25, -0.2) is 0 Å². The maximum Gasteiger partial charge on any atom is 0.263 e. The van der Waals surface area contributed by atoms with Crippen LogP contribution in [0.25, 0.3) is 0 Å². The van der Waals surface area contributed by atoms with Gasteiger partial charge in [0.25, 0.3) is 11.8 Å². The number of ether oxygens (including phenoxy) is 2. The molecule has 1 aliphatic heterocycles. The van der Waals surface area contributed by atoms with E-state index < -0.39 is 6.10 Å². The minimum Gasteiger partial charge on any atom is -0.484 e. The molecule has 172 valence electrons. The van der Waals surface area contributed by atoms with Gasteiger partial charge in [-0.15, -0.1) is 0 Å². The lowest BCUT2D eigenvalue weighted by molar-refractivity contribution is -0.139. The number of piperidine rings is 1. The number of para-hydroxylation sites is 1. The summed E-state index contributed by atoms with van der Waals surface area (Å²) < 4.78 is 11.6. The molecule has 0 aromatic heterocycles. The highest BCUT2D eigenvalue weighted by molar-refractivity contribution is 5.81. The SMILES string of the molecule is Cc1ccc(OCC(=O)NC2CCN(C(=O)C(C)Oc3ccccc3C(C)C)CC2)cc1. The predicted octanol–water partition coefficient (Wildman–Crippen LogP) is 4.07. The van der Waals surface area contributed by atoms with E-state index in [9.17, 15) is 9.59 Å². The number of nitrogens with zero attached hydrogens (tertiary/aromatic N) is 1. The maximum absolute atomic E-state index is 12.9. The Morgan fingerprint density at radius 2 is 1.69 bits per heavy atom. The molecular formula is C26H34N2O4. The standard InChI is InChI=1S/C26H34N2O4/c1-18(2)23-7-5-6-8-24(23)32-20(4)26(30)28-15-13-21(14-16-28)27-25(29)17-31-22-11-9-19(3)10-12-22/h5-12,18,20-21H,13-17H2,1-4H3,(H,27,29). The van der Waals surface area contributed by atoms with Gasteiger partial charge in [0, 0.05) is 19.1 Å². The van der Waals surface area contributed by atoms with E-state index in [0.717, 1.165) is 29.7 Å². The van der Waals surface area contributed by atoms with Gasteiger partial charge in [0.05, 0.1) is 0 Å².